The van der Waals surface area contributed by atoms with Crippen molar-refractivity contribution in [3.8, 4) is 51.4 Å². The zero-order chi connectivity index (χ0) is 23.1. The second kappa shape index (κ2) is 8.16. The summed E-state index contributed by atoms with van der Waals surface area (Å²) in [5.41, 5.74) is 3.76. The first-order valence-electron chi connectivity index (χ1n) is 10.5. The summed E-state index contributed by atoms with van der Waals surface area (Å²) >= 11 is 0. The van der Waals surface area contributed by atoms with Gasteiger partial charge in [0, 0.05) is 17.2 Å². The number of aromatic nitrogens is 4. The Morgan fingerprint density at radius 1 is 0.879 bits per heavy atom. The van der Waals surface area contributed by atoms with Crippen LogP contribution >= 0.6 is 0 Å². The van der Waals surface area contributed by atoms with Gasteiger partial charge in [0.15, 0.2) is 28.6 Å². The molecule has 0 atom stereocenters. The van der Waals surface area contributed by atoms with Crippen molar-refractivity contribution in [3.05, 3.63) is 36.7 Å². The molecule has 170 valence electrons. The topological polar surface area (TPSA) is 89.8 Å². The number of hydrogen-bond donors (Lipinski definition) is 0. The van der Waals surface area contributed by atoms with Crippen LogP contribution in [0, 0.1) is 0 Å². The normalized spacial score (nSPS) is 12.4. The summed E-state index contributed by atoms with van der Waals surface area (Å²) in [6, 6.07) is 9.64. The standard InChI is InChI=1S/C24H24N4O5/c1-13(2)28-23(14-6-7-16-17(8-14)33-12-32-16)27-21-20(25-11-26-24(21)28)15-9-18(29-3)22(31-5)19(10-15)30-4/h6-11,13H,12H2,1-5H3. The van der Waals surface area contributed by atoms with Crippen LogP contribution in [-0.2, 0) is 0 Å². The number of hydrogen-bond acceptors (Lipinski definition) is 8. The fourth-order valence-corrected chi connectivity index (χ4v) is 4.07. The lowest BCUT2D eigenvalue weighted by molar-refractivity contribution is 0.174. The zero-order valence-electron chi connectivity index (χ0n) is 19.1. The first-order chi connectivity index (χ1) is 16.0. The molecule has 0 bridgehead atoms. The highest BCUT2D eigenvalue weighted by Gasteiger charge is 2.23. The van der Waals surface area contributed by atoms with Gasteiger partial charge in [-0.25, -0.2) is 15.0 Å². The van der Waals surface area contributed by atoms with Crippen LogP contribution in [0.4, 0.5) is 0 Å². The van der Waals surface area contributed by atoms with Gasteiger partial charge >= 0.3 is 0 Å². The first kappa shape index (κ1) is 20.9. The Bertz CT molecular complexity index is 1320. The highest BCUT2D eigenvalue weighted by Crippen LogP contribution is 2.43. The van der Waals surface area contributed by atoms with Gasteiger partial charge in [-0.3, -0.25) is 0 Å². The molecule has 2 aromatic heterocycles. The average molecular weight is 448 g/mol. The molecule has 9 nitrogen and oxygen atoms in total. The Morgan fingerprint density at radius 2 is 1.61 bits per heavy atom. The van der Waals surface area contributed by atoms with Crippen LogP contribution in [0.5, 0.6) is 28.7 Å². The van der Waals surface area contributed by atoms with Crippen LogP contribution in [-0.4, -0.2) is 47.6 Å². The third-order valence-corrected chi connectivity index (χ3v) is 5.56. The first-order valence-corrected chi connectivity index (χ1v) is 10.5. The Hall–Kier alpha value is -4.01. The summed E-state index contributed by atoms with van der Waals surface area (Å²) in [7, 11) is 4.74. The molecule has 0 amide bonds. The molecule has 2 aromatic carbocycles. The van der Waals surface area contributed by atoms with E-state index in [1.54, 1.807) is 27.7 Å². The average Bonchev–Trinajstić information content (AvgIpc) is 3.46. The fraction of sp³-hybridized carbons (Fsp3) is 0.292. The predicted octanol–water partition coefficient (Wildman–Crippen LogP) is 4.50. The van der Waals surface area contributed by atoms with E-state index in [4.69, 9.17) is 28.7 Å². The van der Waals surface area contributed by atoms with Gasteiger partial charge in [0.25, 0.3) is 0 Å². The summed E-state index contributed by atoms with van der Waals surface area (Å²) < 4.78 is 29.7. The molecule has 0 unspecified atom stereocenters. The van der Waals surface area contributed by atoms with E-state index in [1.807, 2.05) is 30.3 Å². The fourth-order valence-electron chi connectivity index (χ4n) is 4.07. The number of methoxy groups -OCH3 is 3. The summed E-state index contributed by atoms with van der Waals surface area (Å²) in [6.45, 7) is 4.41. The van der Waals surface area contributed by atoms with Gasteiger partial charge in [-0.2, -0.15) is 0 Å². The summed E-state index contributed by atoms with van der Waals surface area (Å²) in [4.78, 5) is 14.1. The molecule has 0 aliphatic carbocycles. The van der Waals surface area contributed by atoms with Gasteiger partial charge in [-0.15, -0.1) is 0 Å². The van der Waals surface area contributed by atoms with Gasteiger partial charge in [-0.05, 0) is 44.2 Å². The maximum absolute atomic E-state index is 5.57. The van der Waals surface area contributed by atoms with Gasteiger partial charge < -0.3 is 28.3 Å². The van der Waals surface area contributed by atoms with Crippen LogP contribution in [0.2, 0.25) is 0 Å². The van der Waals surface area contributed by atoms with E-state index in [9.17, 15) is 0 Å². The lowest BCUT2D eigenvalue weighted by atomic mass is 10.1. The van der Waals surface area contributed by atoms with Crippen molar-refractivity contribution >= 4 is 11.2 Å². The molecule has 0 saturated carbocycles. The molecule has 9 heteroatoms. The van der Waals surface area contributed by atoms with Crippen molar-refractivity contribution in [1.82, 2.24) is 19.5 Å². The molecule has 0 saturated heterocycles. The van der Waals surface area contributed by atoms with Crippen LogP contribution in [0.25, 0.3) is 33.8 Å². The minimum Gasteiger partial charge on any atom is -0.493 e. The molecule has 0 N–H and O–H groups in total. The van der Waals surface area contributed by atoms with Crippen LogP contribution in [0.1, 0.15) is 19.9 Å². The summed E-state index contributed by atoms with van der Waals surface area (Å²) in [5, 5.41) is 0. The SMILES string of the molecule is COc1cc(-c2ncnc3c2nc(-c2ccc4c(c2)OCO4)n3C(C)C)cc(OC)c1OC. The predicted molar refractivity (Wildman–Crippen MR) is 122 cm³/mol. The van der Waals surface area contributed by atoms with E-state index in [1.165, 1.54) is 0 Å². The van der Waals surface area contributed by atoms with Crippen molar-refractivity contribution in [2.24, 2.45) is 0 Å². The third-order valence-electron chi connectivity index (χ3n) is 5.56. The number of ether oxygens (including phenoxy) is 5. The molecule has 1 aliphatic heterocycles. The summed E-state index contributed by atoms with van der Waals surface area (Å²) in [5.74, 6) is 3.79. The molecule has 4 aromatic rings. The minimum absolute atomic E-state index is 0.109. The number of imidazole rings is 1. The van der Waals surface area contributed by atoms with E-state index in [-0.39, 0.29) is 12.8 Å². The Labute approximate surface area is 190 Å². The highest BCUT2D eigenvalue weighted by atomic mass is 16.7. The molecule has 0 fully saturated rings. The second-order valence-electron chi connectivity index (χ2n) is 7.78. The molecule has 33 heavy (non-hydrogen) atoms. The van der Waals surface area contributed by atoms with E-state index >= 15 is 0 Å². The quantitative estimate of drug-likeness (QED) is 0.426. The molecule has 0 spiro atoms. The molecule has 3 heterocycles. The Morgan fingerprint density at radius 3 is 2.27 bits per heavy atom. The highest BCUT2D eigenvalue weighted by molar-refractivity contribution is 5.91. The van der Waals surface area contributed by atoms with E-state index < -0.39 is 0 Å². The van der Waals surface area contributed by atoms with Crippen molar-refractivity contribution < 1.29 is 23.7 Å². The number of rotatable bonds is 6. The molecular formula is C24H24N4O5. The second-order valence-corrected chi connectivity index (χ2v) is 7.78. The number of nitrogens with zero attached hydrogens (tertiary/aromatic N) is 4. The molecule has 0 radical (unpaired) electrons. The lowest BCUT2D eigenvalue weighted by Crippen LogP contribution is -2.04. The minimum atomic E-state index is 0.109. The summed E-state index contributed by atoms with van der Waals surface area (Å²) in [6.07, 6.45) is 1.55. The van der Waals surface area contributed by atoms with Gasteiger partial charge in [0.2, 0.25) is 12.5 Å². The monoisotopic (exact) mass is 448 g/mol. The number of fused-ring (bicyclic) bond motifs is 2. The van der Waals surface area contributed by atoms with Gasteiger partial charge in [0.05, 0.1) is 21.3 Å². The maximum Gasteiger partial charge on any atom is 0.231 e. The molecule has 1 aliphatic rings. The van der Waals surface area contributed by atoms with Crippen LogP contribution in [0.15, 0.2) is 36.7 Å². The molecular weight excluding hydrogens is 424 g/mol. The third kappa shape index (κ3) is 3.36. The van der Waals surface area contributed by atoms with Crippen LogP contribution < -0.4 is 23.7 Å². The Kier molecular flexibility index (Phi) is 5.16. The largest absolute Gasteiger partial charge is 0.493 e. The van der Waals surface area contributed by atoms with Crippen molar-refractivity contribution in [2.45, 2.75) is 19.9 Å². The maximum atomic E-state index is 5.57. The number of benzene rings is 2. The lowest BCUT2D eigenvalue weighted by Gasteiger charge is -2.14. The van der Waals surface area contributed by atoms with Gasteiger partial charge in [-0.1, -0.05) is 0 Å². The molecule has 5 rings (SSSR count). The van der Waals surface area contributed by atoms with E-state index in [0.717, 1.165) is 28.3 Å². The van der Waals surface area contributed by atoms with Crippen LogP contribution in [0.3, 0.4) is 0 Å². The van der Waals surface area contributed by atoms with E-state index in [0.29, 0.717) is 34.2 Å². The van der Waals surface area contributed by atoms with Crippen molar-refractivity contribution in [2.75, 3.05) is 28.1 Å². The van der Waals surface area contributed by atoms with Crippen molar-refractivity contribution in [1.29, 1.82) is 0 Å². The smallest absolute Gasteiger partial charge is 0.231 e. The zero-order valence-corrected chi connectivity index (χ0v) is 19.1. The van der Waals surface area contributed by atoms with E-state index in [2.05, 4.69) is 28.4 Å². The van der Waals surface area contributed by atoms with Gasteiger partial charge in [0.1, 0.15) is 23.4 Å². The Balaban J connectivity index is 1.74. The van der Waals surface area contributed by atoms with Crippen molar-refractivity contribution in [3.63, 3.8) is 0 Å².